The first-order valence-corrected chi connectivity index (χ1v) is 39.1. The molecule has 0 rings (SSSR count). The second-order valence-corrected chi connectivity index (χ2v) is 26.5. The highest BCUT2D eigenvalue weighted by Gasteiger charge is 2.29. The van der Waals surface area contributed by atoms with Gasteiger partial charge in [-0.25, -0.2) is 9.13 Å². The number of hydrogen-bond donors (Lipinski definition) is 4. The first-order valence-electron chi connectivity index (χ1n) is 36.1. The van der Waals surface area contributed by atoms with Gasteiger partial charge < -0.3 is 34.2 Å². The first kappa shape index (κ1) is 90.4. The van der Waals surface area contributed by atoms with E-state index in [2.05, 4.69) is 167 Å². The Hall–Kier alpha value is -4.57. The molecular formula is C77H128O16P2. The largest absolute Gasteiger partial charge is 0.472 e. The van der Waals surface area contributed by atoms with E-state index in [1.54, 1.807) is 0 Å². The molecule has 5 unspecified atom stereocenters. The fraction of sp³-hybridized carbons (Fsp3) is 0.649. The van der Waals surface area contributed by atoms with Gasteiger partial charge in [-0.3, -0.25) is 32.5 Å². The Labute approximate surface area is 575 Å². The molecule has 0 saturated heterocycles. The number of ether oxygens (including phenoxy) is 3. The van der Waals surface area contributed by atoms with Crippen LogP contribution in [0.3, 0.4) is 0 Å². The fourth-order valence-electron chi connectivity index (χ4n) is 9.05. The molecular weight excluding hydrogens is 1240 g/mol. The van der Waals surface area contributed by atoms with Crippen molar-refractivity contribution in [2.75, 3.05) is 39.6 Å². The van der Waals surface area contributed by atoms with E-state index in [4.69, 9.17) is 32.3 Å². The standard InChI is InChI=1S/C77H128O16P2/c1-4-7-10-13-16-19-22-24-26-28-30-32-33-34-35-36-37-39-41-42-44-46-49-51-54-57-60-63-75(80)87-66-72(78)67-89-94(83,84)90-68-73(79)69-91-95(85,86)92-71-74(93-77(82)65-62-59-56-53-48-21-18-15-12-9-6-3)70-88-76(81)64-61-58-55-52-50-47-45-43-40-38-31-29-27-25-23-20-17-14-11-8-5-2/h7-8,10-11,15-20,24-27,30-32,34-35,38,43,45,50,52,72-74,78-79H,4-6,9,12-14,21-23,28-29,33,36-37,39-42,44,46-49,51,53-71H2,1-3H3,(H,83,84)(H,85,86)/b10-7-,11-8-,18-15-,19-16-,20-17-,26-24-,27-25-,32-30-,35-34-,38-31-,45-43-,52-50-. The van der Waals surface area contributed by atoms with Crippen molar-refractivity contribution >= 4 is 33.6 Å². The Bertz CT molecular complexity index is 2310. The number of esters is 3. The van der Waals surface area contributed by atoms with Gasteiger partial charge in [0.05, 0.1) is 26.4 Å². The van der Waals surface area contributed by atoms with E-state index < -0.39 is 91.5 Å². The third-order valence-corrected chi connectivity index (χ3v) is 16.4. The Morgan fingerprint density at radius 1 is 0.305 bits per heavy atom. The van der Waals surface area contributed by atoms with Gasteiger partial charge in [-0.05, 0) is 135 Å². The number of aliphatic hydroxyl groups is 2. The van der Waals surface area contributed by atoms with Crippen LogP contribution in [0.15, 0.2) is 146 Å². The van der Waals surface area contributed by atoms with E-state index in [9.17, 15) is 43.5 Å². The second-order valence-electron chi connectivity index (χ2n) is 23.6. The lowest BCUT2D eigenvalue weighted by Crippen LogP contribution is -2.30. The maximum atomic E-state index is 12.9. The number of phosphoric acid groups is 2. The quantitative estimate of drug-likeness (QED) is 0.0146. The fourth-order valence-corrected chi connectivity index (χ4v) is 10.6. The predicted molar refractivity (Wildman–Crippen MR) is 389 cm³/mol. The summed E-state index contributed by atoms with van der Waals surface area (Å²) < 4.78 is 60.8. The Balaban J connectivity index is 4.54. The van der Waals surface area contributed by atoms with Gasteiger partial charge >= 0.3 is 33.6 Å². The summed E-state index contributed by atoms with van der Waals surface area (Å²) in [5, 5.41) is 20.6. The molecule has 0 saturated carbocycles. The van der Waals surface area contributed by atoms with Crippen LogP contribution < -0.4 is 0 Å². The molecule has 0 spiro atoms. The van der Waals surface area contributed by atoms with Gasteiger partial charge in [0, 0.05) is 19.3 Å². The lowest BCUT2D eigenvalue weighted by molar-refractivity contribution is -0.161. The minimum Gasteiger partial charge on any atom is -0.463 e. The van der Waals surface area contributed by atoms with Gasteiger partial charge in [0.25, 0.3) is 0 Å². The highest BCUT2D eigenvalue weighted by atomic mass is 31.2. The van der Waals surface area contributed by atoms with Crippen molar-refractivity contribution in [3.8, 4) is 0 Å². The van der Waals surface area contributed by atoms with Crippen LogP contribution in [0.5, 0.6) is 0 Å². The van der Waals surface area contributed by atoms with E-state index in [0.717, 1.165) is 148 Å². The molecule has 0 heterocycles. The molecule has 0 aromatic carbocycles. The van der Waals surface area contributed by atoms with Crippen LogP contribution >= 0.6 is 15.6 Å². The maximum absolute atomic E-state index is 12.9. The van der Waals surface area contributed by atoms with Crippen LogP contribution in [-0.4, -0.2) is 95.9 Å². The van der Waals surface area contributed by atoms with Gasteiger partial charge in [0.1, 0.15) is 25.4 Å². The van der Waals surface area contributed by atoms with Crippen LogP contribution in [-0.2, 0) is 55.8 Å². The first-order chi connectivity index (χ1) is 46.2. The molecule has 0 radical (unpaired) electrons. The van der Waals surface area contributed by atoms with Crippen LogP contribution in [0.1, 0.15) is 265 Å². The van der Waals surface area contributed by atoms with Crippen molar-refractivity contribution in [1.82, 2.24) is 0 Å². The Kier molecular flexibility index (Phi) is 66.0. The zero-order chi connectivity index (χ0) is 69.5. The summed E-state index contributed by atoms with van der Waals surface area (Å²) in [6.07, 6.45) is 83.4. The van der Waals surface area contributed by atoms with Gasteiger partial charge in [0.2, 0.25) is 0 Å². The molecule has 95 heavy (non-hydrogen) atoms. The van der Waals surface area contributed by atoms with Gasteiger partial charge in [-0.1, -0.05) is 256 Å². The summed E-state index contributed by atoms with van der Waals surface area (Å²) in [4.78, 5) is 58.4. The average Bonchev–Trinajstić information content (AvgIpc) is 3.77. The monoisotopic (exact) mass is 1370 g/mol. The zero-order valence-electron chi connectivity index (χ0n) is 58.8. The summed E-state index contributed by atoms with van der Waals surface area (Å²) in [7, 11) is -9.80. The molecule has 542 valence electrons. The molecule has 0 bridgehead atoms. The lowest BCUT2D eigenvalue weighted by Gasteiger charge is -2.21. The number of unbranched alkanes of at least 4 members (excludes halogenated alkanes) is 20. The van der Waals surface area contributed by atoms with Gasteiger partial charge in [-0.15, -0.1) is 0 Å². The van der Waals surface area contributed by atoms with E-state index in [1.807, 2.05) is 0 Å². The summed E-state index contributed by atoms with van der Waals surface area (Å²) in [5.41, 5.74) is 0. The molecule has 16 nitrogen and oxygen atoms in total. The molecule has 0 aromatic heterocycles. The number of phosphoric ester groups is 2. The van der Waals surface area contributed by atoms with Crippen LogP contribution in [0.4, 0.5) is 0 Å². The van der Waals surface area contributed by atoms with E-state index in [0.29, 0.717) is 19.3 Å². The minimum atomic E-state index is -4.94. The van der Waals surface area contributed by atoms with Crippen molar-refractivity contribution in [3.05, 3.63) is 146 Å². The minimum absolute atomic E-state index is 0.0801. The highest BCUT2D eigenvalue weighted by molar-refractivity contribution is 7.47. The molecule has 4 N–H and O–H groups in total. The molecule has 0 amide bonds. The van der Waals surface area contributed by atoms with Gasteiger partial charge in [0.15, 0.2) is 6.10 Å². The smallest absolute Gasteiger partial charge is 0.463 e. The summed E-state index contributed by atoms with van der Waals surface area (Å²) in [6.45, 7) is 2.32. The average molecular weight is 1370 g/mol. The third-order valence-electron chi connectivity index (χ3n) is 14.5. The summed E-state index contributed by atoms with van der Waals surface area (Å²) in [6, 6.07) is 0. The number of carbonyl (C=O) groups excluding carboxylic acids is 3. The van der Waals surface area contributed by atoms with E-state index >= 15 is 0 Å². The van der Waals surface area contributed by atoms with E-state index in [1.165, 1.54) is 57.8 Å². The number of allylic oxidation sites excluding steroid dienone is 24. The van der Waals surface area contributed by atoms with E-state index in [-0.39, 0.29) is 19.3 Å². The zero-order valence-corrected chi connectivity index (χ0v) is 60.6. The molecule has 0 aliphatic carbocycles. The van der Waals surface area contributed by atoms with Crippen LogP contribution in [0.25, 0.3) is 0 Å². The number of rotatable bonds is 67. The lowest BCUT2D eigenvalue weighted by atomic mass is 10.0. The summed E-state index contributed by atoms with van der Waals surface area (Å²) >= 11 is 0. The van der Waals surface area contributed by atoms with Crippen LogP contribution in [0.2, 0.25) is 0 Å². The molecule has 18 heteroatoms. The van der Waals surface area contributed by atoms with Crippen molar-refractivity contribution in [3.63, 3.8) is 0 Å². The van der Waals surface area contributed by atoms with Crippen molar-refractivity contribution in [2.24, 2.45) is 0 Å². The molecule has 0 aliphatic rings. The third kappa shape index (κ3) is 70.6. The Morgan fingerprint density at radius 2 is 0.558 bits per heavy atom. The van der Waals surface area contributed by atoms with Crippen molar-refractivity contribution in [1.29, 1.82) is 0 Å². The number of carbonyl (C=O) groups is 3. The summed E-state index contributed by atoms with van der Waals surface area (Å²) in [5.74, 6) is -1.65. The SMILES string of the molecule is CC/C=C\C/C=C\C/C=C\C/C=C\C/C=C\C/C=C\CCCCC(=O)OCC(COP(=O)(O)OCC(O)COP(=O)(O)OCC(O)COC(=O)CCCCCCCCCCCCC/C=C\C/C=C\C/C=C\C/C=C\C/C=C\CC)OC(=O)CCCCCCC/C=C\CCCC. The van der Waals surface area contributed by atoms with Gasteiger partial charge in [-0.2, -0.15) is 0 Å². The molecule has 0 aromatic rings. The predicted octanol–water partition coefficient (Wildman–Crippen LogP) is 20.5. The topological polar surface area (TPSA) is 231 Å². The van der Waals surface area contributed by atoms with Crippen molar-refractivity contribution < 1.29 is 75.8 Å². The maximum Gasteiger partial charge on any atom is 0.472 e. The highest BCUT2D eigenvalue weighted by Crippen LogP contribution is 2.45. The van der Waals surface area contributed by atoms with Crippen molar-refractivity contribution in [2.45, 2.75) is 283 Å². The molecule has 0 aliphatic heterocycles. The molecule has 0 fully saturated rings. The number of hydrogen-bond acceptors (Lipinski definition) is 14. The molecule has 5 atom stereocenters. The van der Waals surface area contributed by atoms with Crippen LogP contribution in [0, 0.1) is 0 Å². The Morgan fingerprint density at radius 3 is 0.916 bits per heavy atom. The second kappa shape index (κ2) is 69.3. The normalized spacial score (nSPS) is 15.0. The number of aliphatic hydroxyl groups excluding tert-OH is 2.